The smallest absolute Gasteiger partial charge is 0.303 e. The summed E-state index contributed by atoms with van der Waals surface area (Å²) in [5.74, 6) is -2.51. The van der Waals surface area contributed by atoms with Gasteiger partial charge in [0.15, 0.2) is 17.5 Å². The number of Topliss-reactive ketones (excluding diaryl/α,β-unsaturated/α-hetero) is 7. The standard InChI is InChI=1S/C38H60N6O13/c1-23(2)29(32(50)14-16-36(54)55)20-34(52)24(21-45)19-27(48)9-7-25(46)11-13-33(51)30(5-3-17-42-38(39)40)43-37(56)31-6-4-18-44(31)35(53)15-12-26(47)8-10-28(49)22-57-41/h23-24,29-31,45H,3-22,41H2,1-2H3,(H,43,56)(H,54,55)(H4,39,40,42). The highest BCUT2D eigenvalue weighted by molar-refractivity contribution is 5.96. The molecule has 4 unspecified atom stereocenters. The van der Waals surface area contributed by atoms with E-state index in [4.69, 9.17) is 22.5 Å². The average Bonchev–Trinajstić information content (AvgIpc) is 3.66. The maximum absolute atomic E-state index is 13.4. The molecule has 1 saturated heterocycles. The van der Waals surface area contributed by atoms with E-state index in [0.29, 0.717) is 19.3 Å². The fourth-order valence-corrected chi connectivity index (χ4v) is 6.40. The molecule has 4 atom stereocenters. The first-order chi connectivity index (χ1) is 26.9. The minimum absolute atomic E-state index is 0.0702. The molecule has 1 fully saturated rings. The molecule has 320 valence electrons. The van der Waals surface area contributed by atoms with Crippen molar-refractivity contribution in [2.24, 2.45) is 40.1 Å². The molecule has 0 aliphatic carbocycles. The van der Waals surface area contributed by atoms with Gasteiger partial charge >= 0.3 is 5.97 Å². The van der Waals surface area contributed by atoms with Crippen LogP contribution in [-0.2, 0) is 52.8 Å². The van der Waals surface area contributed by atoms with Gasteiger partial charge in [-0.05, 0) is 31.6 Å². The van der Waals surface area contributed by atoms with Crippen LogP contribution in [-0.4, -0.2) is 118 Å². The predicted molar refractivity (Wildman–Crippen MR) is 204 cm³/mol. The zero-order chi connectivity index (χ0) is 43.1. The maximum Gasteiger partial charge on any atom is 0.303 e. The number of nitrogens with two attached hydrogens (primary N) is 3. The SMILES string of the molecule is CC(C)C(CC(=O)C(CO)CC(=O)CCC(=O)CCC(=O)C(CCCN=C(N)N)NC(=O)C1CCCN1C(=O)CCC(=O)CCC(=O)CON)C(=O)CCC(=O)O. The number of aliphatic carboxylic acids is 1. The Morgan fingerprint density at radius 1 is 0.772 bits per heavy atom. The molecule has 0 spiro atoms. The number of hydrogen-bond donors (Lipinski definition) is 6. The lowest BCUT2D eigenvalue weighted by Crippen LogP contribution is -2.51. The topological polar surface area (TPSA) is 326 Å². The fraction of sp³-hybridized carbons (Fsp3) is 0.711. The zero-order valence-electron chi connectivity index (χ0n) is 33.0. The van der Waals surface area contributed by atoms with Crippen molar-refractivity contribution in [1.29, 1.82) is 0 Å². The van der Waals surface area contributed by atoms with Crippen molar-refractivity contribution in [3.63, 3.8) is 0 Å². The van der Waals surface area contributed by atoms with Gasteiger partial charge in [-0.2, -0.15) is 0 Å². The number of carbonyl (C=O) groups is 10. The second kappa shape index (κ2) is 27.0. The number of amides is 2. The van der Waals surface area contributed by atoms with Crippen LogP contribution in [0.1, 0.15) is 117 Å². The van der Waals surface area contributed by atoms with Gasteiger partial charge in [0.05, 0.1) is 19.1 Å². The molecule has 0 saturated carbocycles. The Morgan fingerprint density at radius 2 is 1.35 bits per heavy atom. The van der Waals surface area contributed by atoms with Crippen LogP contribution in [0.4, 0.5) is 0 Å². The van der Waals surface area contributed by atoms with Crippen LogP contribution in [0.15, 0.2) is 4.99 Å². The number of carboxylic acids is 1. The highest BCUT2D eigenvalue weighted by Gasteiger charge is 2.36. The number of hydrogen-bond acceptors (Lipinski definition) is 14. The Hall–Kier alpha value is -4.75. The Morgan fingerprint density at radius 3 is 1.93 bits per heavy atom. The van der Waals surface area contributed by atoms with Crippen LogP contribution < -0.4 is 22.7 Å². The van der Waals surface area contributed by atoms with Gasteiger partial charge in [0, 0.05) is 95.6 Å². The first-order valence-corrected chi connectivity index (χ1v) is 19.3. The molecule has 57 heavy (non-hydrogen) atoms. The van der Waals surface area contributed by atoms with Gasteiger partial charge in [-0.1, -0.05) is 13.8 Å². The number of aliphatic hydroxyl groups is 1. The second-order valence-corrected chi connectivity index (χ2v) is 14.7. The highest BCUT2D eigenvalue weighted by Crippen LogP contribution is 2.23. The van der Waals surface area contributed by atoms with Gasteiger partial charge in [0.2, 0.25) is 11.8 Å². The van der Waals surface area contributed by atoms with Crippen molar-refractivity contribution in [3.05, 3.63) is 0 Å². The lowest BCUT2D eigenvalue weighted by Gasteiger charge is -2.26. The summed E-state index contributed by atoms with van der Waals surface area (Å²) < 4.78 is 0. The molecule has 0 aromatic carbocycles. The molecule has 0 bridgehead atoms. The molecule has 1 aliphatic rings. The van der Waals surface area contributed by atoms with Crippen LogP contribution in [0.5, 0.6) is 0 Å². The lowest BCUT2D eigenvalue weighted by molar-refractivity contribution is -0.140. The Bertz CT molecular complexity index is 1480. The van der Waals surface area contributed by atoms with Crippen LogP contribution in [0.2, 0.25) is 0 Å². The van der Waals surface area contributed by atoms with E-state index in [9.17, 15) is 53.1 Å². The fourth-order valence-electron chi connectivity index (χ4n) is 6.40. The molecule has 1 heterocycles. The summed E-state index contributed by atoms with van der Waals surface area (Å²) in [4.78, 5) is 135. The van der Waals surface area contributed by atoms with Crippen molar-refractivity contribution < 1.29 is 63.0 Å². The summed E-state index contributed by atoms with van der Waals surface area (Å²) in [6.45, 7) is 2.88. The quantitative estimate of drug-likeness (QED) is 0.0226. The highest BCUT2D eigenvalue weighted by atomic mass is 16.6. The van der Waals surface area contributed by atoms with E-state index in [1.54, 1.807) is 13.8 Å². The molecule has 1 rings (SSSR count). The van der Waals surface area contributed by atoms with E-state index in [-0.39, 0.29) is 127 Å². The first-order valence-electron chi connectivity index (χ1n) is 19.3. The number of nitrogens with zero attached hydrogens (tertiary/aromatic N) is 2. The first kappa shape index (κ1) is 50.3. The maximum atomic E-state index is 13.4. The predicted octanol–water partition coefficient (Wildman–Crippen LogP) is 0.0363. The van der Waals surface area contributed by atoms with Crippen molar-refractivity contribution >= 4 is 64.2 Å². The monoisotopic (exact) mass is 808 g/mol. The number of carbonyl (C=O) groups excluding carboxylic acids is 9. The van der Waals surface area contributed by atoms with Gasteiger partial charge in [0.1, 0.15) is 41.6 Å². The van der Waals surface area contributed by atoms with Gasteiger partial charge < -0.3 is 31.9 Å². The summed E-state index contributed by atoms with van der Waals surface area (Å²) in [6, 6.07) is -1.93. The Balaban J connectivity index is 2.77. The normalized spacial score (nSPS) is 15.3. The summed E-state index contributed by atoms with van der Waals surface area (Å²) in [7, 11) is 0. The summed E-state index contributed by atoms with van der Waals surface area (Å²) >= 11 is 0. The zero-order valence-corrected chi connectivity index (χ0v) is 33.0. The molecule has 19 heteroatoms. The van der Waals surface area contributed by atoms with Crippen LogP contribution in [0, 0.1) is 17.8 Å². The third-order valence-electron chi connectivity index (χ3n) is 9.78. The number of guanidine groups is 1. The Labute approximate surface area is 332 Å². The third kappa shape index (κ3) is 20.3. The van der Waals surface area contributed by atoms with Crippen molar-refractivity contribution in [2.45, 2.75) is 129 Å². The number of nitrogens with one attached hydrogen (secondary N) is 1. The van der Waals surface area contributed by atoms with Crippen LogP contribution >= 0.6 is 0 Å². The van der Waals surface area contributed by atoms with E-state index in [0.717, 1.165) is 0 Å². The summed E-state index contributed by atoms with van der Waals surface area (Å²) in [5.41, 5.74) is 10.8. The van der Waals surface area contributed by atoms with Crippen molar-refractivity contribution in [2.75, 3.05) is 26.3 Å². The molecule has 19 nitrogen and oxygen atoms in total. The molecular weight excluding hydrogens is 748 g/mol. The molecule has 0 radical (unpaired) electrons. The third-order valence-corrected chi connectivity index (χ3v) is 9.78. The van der Waals surface area contributed by atoms with Gasteiger partial charge in [-0.15, -0.1) is 0 Å². The van der Waals surface area contributed by atoms with Crippen molar-refractivity contribution in [3.8, 4) is 0 Å². The van der Waals surface area contributed by atoms with E-state index in [1.807, 2.05) is 0 Å². The van der Waals surface area contributed by atoms with Crippen molar-refractivity contribution in [1.82, 2.24) is 10.2 Å². The largest absolute Gasteiger partial charge is 0.481 e. The molecule has 2 amide bonds. The van der Waals surface area contributed by atoms with Crippen LogP contribution in [0.25, 0.3) is 0 Å². The lowest BCUT2D eigenvalue weighted by atomic mass is 9.82. The average molecular weight is 809 g/mol. The summed E-state index contributed by atoms with van der Waals surface area (Å²) in [6.07, 6.45) is -1.39. The molecular formula is C38H60N6O13. The number of ketones is 7. The second-order valence-electron chi connectivity index (χ2n) is 14.7. The van der Waals surface area contributed by atoms with Crippen LogP contribution in [0.3, 0.4) is 0 Å². The van der Waals surface area contributed by atoms with E-state index in [2.05, 4.69) is 15.1 Å². The van der Waals surface area contributed by atoms with Gasteiger partial charge in [-0.3, -0.25) is 57.8 Å². The molecule has 9 N–H and O–H groups in total. The minimum atomic E-state index is -1.14. The number of aliphatic imine (C=N–C) groups is 1. The molecule has 0 aromatic rings. The minimum Gasteiger partial charge on any atom is -0.481 e. The van der Waals surface area contributed by atoms with E-state index < -0.39 is 77.2 Å². The van der Waals surface area contributed by atoms with E-state index >= 15 is 0 Å². The van der Waals surface area contributed by atoms with Gasteiger partial charge in [0.25, 0.3) is 0 Å². The Kier molecular flexibility index (Phi) is 23.8. The number of likely N-dealkylation sites (tertiary alicyclic amines) is 1. The number of rotatable bonds is 32. The van der Waals surface area contributed by atoms with E-state index in [1.165, 1.54) is 4.90 Å². The van der Waals surface area contributed by atoms with Gasteiger partial charge in [-0.25, -0.2) is 5.90 Å². The number of aliphatic hydroxyl groups excluding tert-OH is 1. The molecule has 0 aromatic heterocycles. The number of carboxylic acid groups (broad SMARTS) is 1. The molecule has 1 aliphatic heterocycles. The summed E-state index contributed by atoms with van der Waals surface area (Å²) in [5, 5.41) is 21.4.